The van der Waals surface area contributed by atoms with Gasteiger partial charge in [0, 0.05) is 6.54 Å². The molecule has 2 N–H and O–H groups in total. The minimum absolute atomic E-state index is 0.0301. The first-order chi connectivity index (χ1) is 9.24. The van der Waals surface area contributed by atoms with E-state index in [0.717, 1.165) is 0 Å². The molecule has 1 rings (SSSR count). The number of nitrogens with one attached hydrogen (secondary N) is 1. The van der Waals surface area contributed by atoms with Crippen LogP contribution in [0.2, 0.25) is 0 Å². The number of para-hydroxylation sites is 1. The second-order valence-electron chi connectivity index (χ2n) is 3.63. The fourth-order valence-corrected chi connectivity index (χ4v) is 1.56. The topological polar surface area (TPSA) is 77.0 Å². The monoisotopic (exact) mass is 269 g/mol. The standard InChI is InChI=1S/C13H19NO5/c1-17-11-5-3-4-10(12(11)18-2)13(16)14-6-8-19-9-7-15/h3-5,15H,6-9H2,1-2H3,(H,14,16). The Hall–Kier alpha value is -1.79. The highest BCUT2D eigenvalue weighted by Crippen LogP contribution is 2.30. The molecule has 106 valence electrons. The Morgan fingerprint density at radius 1 is 1.26 bits per heavy atom. The Morgan fingerprint density at radius 3 is 2.68 bits per heavy atom. The maximum atomic E-state index is 12.0. The number of ether oxygens (including phenoxy) is 3. The third-order valence-electron chi connectivity index (χ3n) is 2.42. The van der Waals surface area contributed by atoms with Crippen LogP contribution in [0, 0.1) is 0 Å². The van der Waals surface area contributed by atoms with E-state index in [1.807, 2.05) is 0 Å². The number of aliphatic hydroxyl groups is 1. The lowest BCUT2D eigenvalue weighted by atomic mass is 10.1. The van der Waals surface area contributed by atoms with Gasteiger partial charge in [-0.05, 0) is 12.1 Å². The summed E-state index contributed by atoms with van der Waals surface area (Å²) in [6.45, 7) is 0.938. The third kappa shape index (κ3) is 4.42. The van der Waals surface area contributed by atoms with Crippen LogP contribution in [0.3, 0.4) is 0 Å². The van der Waals surface area contributed by atoms with Gasteiger partial charge in [0.25, 0.3) is 5.91 Å². The van der Waals surface area contributed by atoms with Crippen molar-refractivity contribution in [3.05, 3.63) is 23.8 Å². The van der Waals surface area contributed by atoms with Crippen LogP contribution in [0.25, 0.3) is 0 Å². The molecule has 0 aliphatic rings. The summed E-state index contributed by atoms with van der Waals surface area (Å²) < 4.78 is 15.4. The Bertz CT molecular complexity index is 408. The molecule has 0 aromatic heterocycles. The van der Waals surface area contributed by atoms with E-state index >= 15 is 0 Å². The van der Waals surface area contributed by atoms with Gasteiger partial charge in [0.2, 0.25) is 0 Å². The lowest BCUT2D eigenvalue weighted by Gasteiger charge is -2.12. The minimum Gasteiger partial charge on any atom is -0.493 e. The second-order valence-corrected chi connectivity index (χ2v) is 3.63. The first-order valence-electron chi connectivity index (χ1n) is 5.92. The van der Waals surface area contributed by atoms with Crippen LogP contribution in [-0.4, -0.2) is 51.6 Å². The highest BCUT2D eigenvalue weighted by molar-refractivity contribution is 5.97. The smallest absolute Gasteiger partial charge is 0.255 e. The minimum atomic E-state index is -0.261. The van der Waals surface area contributed by atoms with Gasteiger partial charge in [-0.25, -0.2) is 0 Å². The summed E-state index contributed by atoms with van der Waals surface area (Å²) in [6, 6.07) is 5.10. The average Bonchev–Trinajstić information content (AvgIpc) is 2.45. The third-order valence-corrected chi connectivity index (χ3v) is 2.42. The number of hydrogen-bond donors (Lipinski definition) is 2. The fraction of sp³-hybridized carbons (Fsp3) is 0.462. The van der Waals surface area contributed by atoms with Crippen molar-refractivity contribution in [2.75, 3.05) is 40.6 Å². The van der Waals surface area contributed by atoms with Crippen LogP contribution < -0.4 is 14.8 Å². The van der Waals surface area contributed by atoms with Gasteiger partial charge in [-0.1, -0.05) is 6.07 Å². The van der Waals surface area contributed by atoms with E-state index in [1.165, 1.54) is 14.2 Å². The van der Waals surface area contributed by atoms with Crippen LogP contribution in [0.4, 0.5) is 0 Å². The fourth-order valence-electron chi connectivity index (χ4n) is 1.56. The molecule has 0 fully saturated rings. The summed E-state index contributed by atoms with van der Waals surface area (Å²) in [5.41, 5.74) is 0.406. The quantitative estimate of drug-likeness (QED) is 0.670. The number of amides is 1. The molecule has 6 nitrogen and oxygen atoms in total. The molecule has 0 heterocycles. The van der Waals surface area contributed by atoms with Crippen LogP contribution in [0.15, 0.2) is 18.2 Å². The maximum absolute atomic E-state index is 12.0. The van der Waals surface area contributed by atoms with Crippen LogP contribution >= 0.6 is 0 Å². The summed E-state index contributed by atoms with van der Waals surface area (Å²) in [4.78, 5) is 12.0. The van der Waals surface area contributed by atoms with Gasteiger partial charge in [0.15, 0.2) is 11.5 Å². The Morgan fingerprint density at radius 2 is 2.05 bits per heavy atom. The van der Waals surface area contributed by atoms with E-state index in [-0.39, 0.29) is 19.1 Å². The summed E-state index contributed by atoms with van der Waals surface area (Å²) in [5, 5.41) is 11.2. The van der Waals surface area contributed by atoms with E-state index in [4.69, 9.17) is 19.3 Å². The number of carbonyl (C=O) groups is 1. The molecule has 0 unspecified atom stereocenters. The SMILES string of the molecule is COc1cccc(C(=O)NCCOCCO)c1OC. The van der Waals surface area contributed by atoms with E-state index in [0.29, 0.717) is 30.2 Å². The molecule has 0 aliphatic heterocycles. The predicted molar refractivity (Wildman–Crippen MR) is 69.8 cm³/mol. The second kappa shape index (κ2) is 8.34. The number of benzene rings is 1. The molecule has 0 saturated carbocycles. The summed E-state index contributed by atoms with van der Waals surface area (Å²) in [7, 11) is 3.00. The van der Waals surface area contributed by atoms with Crippen LogP contribution in [0.5, 0.6) is 11.5 Å². The van der Waals surface area contributed by atoms with Crippen LogP contribution in [0.1, 0.15) is 10.4 Å². The molecule has 0 saturated heterocycles. The molecular formula is C13H19NO5. The number of aliphatic hydroxyl groups excluding tert-OH is 1. The highest BCUT2D eigenvalue weighted by atomic mass is 16.5. The van der Waals surface area contributed by atoms with Gasteiger partial charge in [-0.3, -0.25) is 4.79 Å². The number of carbonyl (C=O) groups excluding carboxylic acids is 1. The molecular weight excluding hydrogens is 250 g/mol. The molecule has 19 heavy (non-hydrogen) atoms. The van der Waals surface area contributed by atoms with Crippen molar-refractivity contribution in [3.8, 4) is 11.5 Å². The Balaban J connectivity index is 2.61. The van der Waals surface area contributed by atoms with Gasteiger partial charge >= 0.3 is 0 Å². The van der Waals surface area contributed by atoms with Crippen molar-refractivity contribution in [1.29, 1.82) is 0 Å². The molecule has 0 aliphatic carbocycles. The summed E-state index contributed by atoms with van der Waals surface area (Å²) >= 11 is 0. The zero-order valence-corrected chi connectivity index (χ0v) is 11.1. The van der Waals surface area contributed by atoms with Crippen LogP contribution in [-0.2, 0) is 4.74 Å². The van der Waals surface area contributed by atoms with Crippen molar-refractivity contribution in [3.63, 3.8) is 0 Å². The molecule has 1 amide bonds. The number of hydrogen-bond acceptors (Lipinski definition) is 5. The molecule has 0 radical (unpaired) electrons. The van der Waals surface area contributed by atoms with Crippen molar-refractivity contribution < 1.29 is 24.1 Å². The van der Waals surface area contributed by atoms with E-state index < -0.39 is 0 Å². The summed E-state index contributed by atoms with van der Waals surface area (Å²) in [5.74, 6) is 0.647. The van der Waals surface area contributed by atoms with Crippen molar-refractivity contribution in [1.82, 2.24) is 5.32 Å². The molecule has 1 aromatic carbocycles. The average molecular weight is 269 g/mol. The zero-order chi connectivity index (χ0) is 14.1. The van der Waals surface area contributed by atoms with Crippen molar-refractivity contribution in [2.24, 2.45) is 0 Å². The molecule has 6 heteroatoms. The normalized spacial score (nSPS) is 10.1. The number of methoxy groups -OCH3 is 2. The highest BCUT2D eigenvalue weighted by Gasteiger charge is 2.15. The van der Waals surface area contributed by atoms with Gasteiger partial charge in [-0.15, -0.1) is 0 Å². The summed E-state index contributed by atoms with van der Waals surface area (Å²) in [6.07, 6.45) is 0. The van der Waals surface area contributed by atoms with Crippen molar-refractivity contribution in [2.45, 2.75) is 0 Å². The lowest BCUT2D eigenvalue weighted by molar-refractivity contribution is 0.0836. The van der Waals surface area contributed by atoms with E-state index in [1.54, 1.807) is 18.2 Å². The van der Waals surface area contributed by atoms with E-state index in [2.05, 4.69) is 5.32 Å². The first-order valence-corrected chi connectivity index (χ1v) is 5.92. The first kappa shape index (κ1) is 15.3. The largest absolute Gasteiger partial charge is 0.493 e. The van der Waals surface area contributed by atoms with Gasteiger partial charge < -0.3 is 24.6 Å². The molecule has 0 spiro atoms. The molecule has 0 atom stereocenters. The number of rotatable bonds is 8. The van der Waals surface area contributed by atoms with Gasteiger partial charge in [0.05, 0.1) is 39.6 Å². The molecule has 0 bridgehead atoms. The Kier molecular flexibility index (Phi) is 6.70. The van der Waals surface area contributed by atoms with Gasteiger partial charge in [0.1, 0.15) is 0 Å². The Labute approximate surface area is 112 Å². The van der Waals surface area contributed by atoms with Gasteiger partial charge in [-0.2, -0.15) is 0 Å². The zero-order valence-electron chi connectivity index (χ0n) is 11.1. The molecule has 1 aromatic rings. The van der Waals surface area contributed by atoms with Crippen molar-refractivity contribution >= 4 is 5.91 Å². The lowest BCUT2D eigenvalue weighted by Crippen LogP contribution is -2.28. The maximum Gasteiger partial charge on any atom is 0.255 e. The van der Waals surface area contributed by atoms with E-state index in [9.17, 15) is 4.79 Å². The predicted octanol–water partition coefficient (Wildman–Crippen LogP) is 0.442.